The number of carbonyl (C=O) groups is 2. The van der Waals surface area contributed by atoms with Crippen LogP contribution in [0.1, 0.15) is 67.7 Å². The van der Waals surface area contributed by atoms with Crippen LogP contribution in [0.15, 0.2) is 81.7 Å². The van der Waals surface area contributed by atoms with Crippen LogP contribution in [0.25, 0.3) is 6.08 Å². The van der Waals surface area contributed by atoms with Crippen LogP contribution < -0.4 is 24.4 Å². The molecule has 0 aliphatic carbocycles. The lowest BCUT2D eigenvalue weighted by atomic mass is 9.95. The van der Waals surface area contributed by atoms with Gasteiger partial charge in [-0.15, -0.1) is 0 Å². The summed E-state index contributed by atoms with van der Waals surface area (Å²) in [6.07, 6.45) is 1.72. The molecular weight excluding hydrogens is 858 g/mol. The minimum Gasteiger partial charge on any atom is -0.491 e. The lowest BCUT2D eigenvalue weighted by Gasteiger charge is -2.26. The van der Waals surface area contributed by atoms with Crippen LogP contribution in [0.2, 0.25) is 0 Å². The van der Waals surface area contributed by atoms with Crippen molar-refractivity contribution >= 4 is 74.5 Å². The third kappa shape index (κ3) is 7.86. The largest absolute Gasteiger partial charge is 0.491 e. The van der Waals surface area contributed by atoms with E-state index in [0.29, 0.717) is 50.7 Å². The maximum Gasteiger partial charge on any atom is 0.338 e. The molecule has 12 heteroatoms. The van der Waals surface area contributed by atoms with Crippen molar-refractivity contribution in [2.75, 3.05) is 13.2 Å². The highest BCUT2D eigenvalue weighted by molar-refractivity contribution is 14.1. The Morgan fingerprint density at radius 2 is 1.62 bits per heavy atom. The number of esters is 2. The highest BCUT2D eigenvalue weighted by atomic mass is 127. The molecule has 1 aliphatic rings. The fourth-order valence-electron chi connectivity index (χ4n) is 5.21. The summed E-state index contributed by atoms with van der Waals surface area (Å²) in [5.74, 6) is 0.429. The Bertz CT molecular complexity index is 2040. The molecule has 0 saturated carbocycles. The molecule has 48 heavy (non-hydrogen) atoms. The number of hydrogen-bond acceptors (Lipinski definition) is 9. The van der Waals surface area contributed by atoms with Gasteiger partial charge in [0.15, 0.2) is 4.80 Å². The van der Waals surface area contributed by atoms with Crippen molar-refractivity contribution < 1.29 is 28.5 Å². The molecular formula is C36H34I2N2O7S. The molecule has 0 spiro atoms. The number of rotatable bonds is 11. The zero-order chi connectivity index (χ0) is 34.5. The fourth-order valence-corrected chi connectivity index (χ4v) is 8.39. The van der Waals surface area contributed by atoms with Gasteiger partial charge in [-0.05, 0) is 127 Å². The first-order valence-electron chi connectivity index (χ1n) is 15.4. The average molecular weight is 893 g/mol. The number of halogens is 2. The SMILES string of the molecule is CCOC(=O)C1=C(C)N=c2s/c(=C\c3cc(I)c(OCc4ccc(C(=O)OCC)cc4)c(I)c3)c(=O)n2[C@H]1c1ccccc1OC(C)C. The van der Waals surface area contributed by atoms with E-state index in [0.717, 1.165) is 24.0 Å². The maximum absolute atomic E-state index is 14.2. The quantitative estimate of drug-likeness (QED) is 0.124. The summed E-state index contributed by atoms with van der Waals surface area (Å²) in [6, 6.07) is 17.7. The number of ether oxygens (including phenoxy) is 4. The van der Waals surface area contributed by atoms with Crippen LogP contribution in [0.3, 0.4) is 0 Å². The second kappa shape index (κ2) is 15.8. The monoisotopic (exact) mass is 892 g/mol. The number of fused-ring (bicyclic) bond motifs is 1. The third-order valence-electron chi connectivity index (χ3n) is 7.26. The summed E-state index contributed by atoms with van der Waals surface area (Å²) < 4.78 is 26.6. The van der Waals surface area contributed by atoms with E-state index in [1.165, 1.54) is 11.3 Å². The molecule has 0 unspecified atom stereocenters. The highest BCUT2D eigenvalue weighted by Crippen LogP contribution is 2.36. The second-order valence-electron chi connectivity index (χ2n) is 11.0. The van der Waals surface area contributed by atoms with Crippen molar-refractivity contribution in [2.45, 2.75) is 53.4 Å². The molecule has 5 rings (SSSR count). The van der Waals surface area contributed by atoms with E-state index in [1.807, 2.05) is 68.5 Å². The Hall–Kier alpha value is -3.50. The van der Waals surface area contributed by atoms with Crippen LogP contribution in [-0.2, 0) is 20.9 Å². The van der Waals surface area contributed by atoms with Crippen molar-refractivity contribution in [1.29, 1.82) is 0 Å². The first-order chi connectivity index (χ1) is 23.0. The Labute approximate surface area is 309 Å². The summed E-state index contributed by atoms with van der Waals surface area (Å²) in [5, 5.41) is 0. The minimum atomic E-state index is -0.778. The number of hydrogen-bond donors (Lipinski definition) is 0. The lowest BCUT2D eigenvalue weighted by Crippen LogP contribution is -2.40. The van der Waals surface area contributed by atoms with Gasteiger partial charge in [0.25, 0.3) is 5.56 Å². The predicted molar refractivity (Wildman–Crippen MR) is 201 cm³/mol. The zero-order valence-corrected chi connectivity index (χ0v) is 32.2. The fraction of sp³-hybridized carbons (Fsp3) is 0.278. The van der Waals surface area contributed by atoms with Gasteiger partial charge in [0.2, 0.25) is 0 Å². The zero-order valence-electron chi connectivity index (χ0n) is 27.0. The van der Waals surface area contributed by atoms with Crippen LogP contribution in [0, 0.1) is 7.14 Å². The molecule has 1 aliphatic heterocycles. The number of thiazole rings is 1. The van der Waals surface area contributed by atoms with E-state index in [1.54, 1.807) is 37.5 Å². The summed E-state index contributed by atoms with van der Waals surface area (Å²) in [7, 11) is 0. The smallest absolute Gasteiger partial charge is 0.338 e. The number of para-hydroxylation sites is 1. The van der Waals surface area contributed by atoms with E-state index >= 15 is 0 Å². The number of allylic oxidation sites excluding steroid dienone is 1. The van der Waals surface area contributed by atoms with Gasteiger partial charge in [0.05, 0.1) is 47.8 Å². The molecule has 0 fully saturated rings. The van der Waals surface area contributed by atoms with E-state index in [9.17, 15) is 14.4 Å². The van der Waals surface area contributed by atoms with Crippen LogP contribution in [0.4, 0.5) is 0 Å². The first-order valence-corrected chi connectivity index (χ1v) is 18.3. The standard InChI is InChI=1S/C36H34I2N2O7S/c1-6-44-34(42)24-14-12-22(13-15-24)19-46-32-26(37)16-23(17-27(32)38)18-29-33(41)40-31(25-10-8-9-11-28(25)47-20(3)4)30(35(43)45-7-2)21(5)39-36(40)48-29/h8-18,20,31H,6-7,19H2,1-5H3/b29-18-/t31-/m0/s1. The molecule has 0 saturated heterocycles. The second-order valence-corrected chi connectivity index (χ2v) is 14.4. The molecule has 0 bridgehead atoms. The van der Waals surface area contributed by atoms with E-state index in [-0.39, 0.29) is 24.2 Å². The van der Waals surface area contributed by atoms with Gasteiger partial charge in [-0.2, -0.15) is 0 Å². The topological polar surface area (TPSA) is 105 Å². The van der Waals surface area contributed by atoms with Crippen molar-refractivity contribution in [3.05, 3.63) is 121 Å². The van der Waals surface area contributed by atoms with Gasteiger partial charge in [-0.3, -0.25) is 9.36 Å². The number of aromatic nitrogens is 1. The number of nitrogens with zero attached hydrogens (tertiary/aromatic N) is 2. The Balaban J connectivity index is 1.50. The van der Waals surface area contributed by atoms with Gasteiger partial charge in [0, 0.05) is 5.56 Å². The number of benzene rings is 3. The van der Waals surface area contributed by atoms with Gasteiger partial charge in [-0.1, -0.05) is 41.7 Å². The molecule has 9 nitrogen and oxygen atoms in total. The highest BCUT2D eigenvalue weighted by Gasteiger charge is 2.35. The summed E-state index contributed by atoms with van der Waals surface area (Å²) in [5.41, 5.74) is 3.43. The summed E-state index contributed by atoms with van der Waals surface area (Å²) in [6.45, 7) is 9.98. The van der Waals surface area contributed by atoms with Crippen LogP contribution >= 0.6 is 56.5 Å². The normalized spacial score (nSPS) is 14.4. The molecule has 1 atom stereocenters. The molecule has 1 aromatic heterocycles. The first kappa shape index (κ1) is 35.8. The third-order valence-corrected chi connectivity index (χ3v) is 9.85. The van der Waals surface area contributed by atoms with Crippen molar-refractivity contribution in [3.63, 3.8) is 0 Å². The van der Waals surface area contributed by atoms with Gasteiger partial charge in [0.1, 0.15) is 24.1 Å². The maximum atomic E-state index is 14.2. The Morgan fingerprint density at radius 3 is 2.27 bits per heavy atom. The number of carbonyl (C=O) groups excluding carboxylic acids is 2. The average Bonchev–Trinajstić information content (AvgIpc) is 3.34. The summed E-state index contributed by atoms with van der Waals surface area (Å²) >= 11 is 5.72. The Morgan fingerprint density at radius 1 is 0.979 bits per heavy atom. The van der Waals surface area contributed by atoms with E-state index < -0.39 is 12.0 Å². The van der Waals surface area contributed by atoms with Crippen molar-refractivity contribution in [3.8, 4) is 11.5 Å². The lowest BCUT2D eigenvalue weighted by molar-refractivity contribution is -0.139. The van der Waals surface area contributed by atoms with Gasteiger partial charge < -0.3 is 18.9 Å². The molecule has 2 heterocycles. The minimum absolute atomic E-state index is 0.119. The van der Waals surface area contributed by atoms with Gasteiger partial charge >= 0.3 is 11.9 Å². The van der Waals surface area contributed by atoms with E-state index in [2.05, 4.69) is 45.2 Å². The van der Waals surface area contributed by atoms with Crippen molar-refractivity contribution in [1.82, 2.24) is 4.57 Å². The molecule has 0 N–H and O–H groups in total. The molecule has 3 aromatic carbocycles. The molecule has 4 aromatic rings. The Kier molecular flexibility index (Phi) is 11.8. The van der Waals surface area contributed by atoms with Gasteiger partial charge in [-0.25, -0.2) is 14.6 Å². The molecule has 0 radical (unpaired) electrons. The summed E-state index contributed by atoms with van der Waals surface area (Å²) in [4.78, 5) is 44.7. The predicted octanol–water partition coefficient (Wildman–Crippen LogP) is 6.55. The van der Waals surface area contributed by atoms with Crippen molar-refractivity contribution in [2.24, 2.45) is 4.99 Å². The van der Waals surface area contributed by atoms with Crippen LogP contribution in [-0.4, -0.2) is 35.8 Å². The molecule has 0 amide bonds. The van der Waals surface area contributed by atoms with E-state index in [4.69, 9.17) is 23.9 Å². The van der Waals surface area contributed by atoms with Crippen LogP contribution in [0.5, 0.6) is 11.5 Å². The molecule has 250 valence electrons.